The number of amides is 4. The summed E-state index contributed by atoms with van der Waals surface area (Å²) in [4.78, 5) is 79.6. The van der Waals surface area contributed by atoms with Crippen LogP contribution in [0.1, 0.15) is 145 Å². The Morgan fingerprint density at radius 1 is 0.364 bits per heavy atom. The number of halogens is 9. The van der Waals surface area contributed by atoms with E-state index in [1.807, 2.05) is 106 Å². The van der Waals surface area contributed by atoms with Gasteiger partial charge in [-0.2, -0.15) is 60.0 Å². The van der Waals surface area contributed by atoms with E-state index in [0.29, 0.717) is 73.3 Å². The normalized spacial score (nSPS) is 18.2. The highest BCUT2D eigenvalue weighted by Crippen LogP contribution is 2.33. The smallest absolute Gasteiger partial charge is 0.422 e. The first-order valence-electron chi connectivity index (χ1n) is 41.2. The van der Waals surface area contributed by atoms with Crippen molar-refractivity contribution in [2.75, 3.05) is 52.6 Å². The minimum Gasteiger partial charge on any atom is -0.487 e. The number of ether oxygens (including phenoxy) is 8. The molecular formula is C88H97F9N14O16S2. The molecule has 30 nitrogen and oxygen atoms in total. The van der Waals surface area contributed by atoms with Crippen LogP contribution in [0, 0.1) is 0 Å². The second kappa shape index (κ2) is 50.6. The number of rotatable bonds is 27. The van der Waals surface area contributed by atoms with E-state index in [1.54, 1.807) is 64.7 Å². The van der Waals surface area contributed by atoms with Crippen LogP contribution in [-0.2, 0) is 36.0 Å². The third kappa shape index (κ3) is 30.9. The minimum atomic E-state index is -4.44. The number of carbonyl (C=O) groups is 4. The zero-order valence-corrected chi connectivity index (χ0v) is 72.7. The molecule has 4 aromatic carbocycles. The van der Waals surface area contributed by atoms with Gasteiger partial charge in [0.1, 0.15) is 67.2 Å². The molecule has 14 rings (SSSR count). The zero-order chi connectivity index (χ0) is 92.9. The molecule has 41 heteroatoms. The molecule has 0 saturated carbocycles. The summed E-state index contributed by atoms with van der Waals surface area (Å²) >= 11 is -1.50. The van der Waals surface area contributed by atoms with Crippen LogP contribution in [-0.4, -0.2) is 237 Å². The van der Waals surface area contributed by atoms with Gasteiger partial charge in [-0.25, -0.2) is 46.3 Å². The number of likely N-dealkylation sites (tertiary alicyclic amines) is 4. The summed E-state index contributed by atoms with van der Waals surface area (Å²) in [5.74, 6) is 1.54. The molecule has 8 atom stereocenters. The van der Waals surface area contributed by atoms with Crippen molar-refractivity contribution in [2.45, 2.75) is 180 Å². The third-order valence-corrected chi connectivity index (χ3v) is 20.7. The highest BCUT2D eigenvalue weighted by molar-refractivity contribution is 7.52. The van der Waals surface area contributed by atoms with E-state index in [1.165, 1.54) is 95.3 Å². The average Bonchev–Trinajstić information content (AvgIpc) is 1.79. The van der Waals surface area contributed by atoms with Crippen molar-refractivity contribution in [1.82, 2.24) is 69.5 Å². The number of aromatic nitrogens is 10. The lowest BCUT2D eigenvalue weighted by Crippen LogP contribution is -2.49. The summed E-state index contributed by atoms with van der Waals surface area (Å²) in [6.07, 6.45) is 6.30. The number of para-hydroxylation sites is 2. The number of pyridine rings is 4. The van der Waals surface area contributed by atoms with E-state index >= 15 is 0 Å². The molecule has 4 aliphatic heterocycles. The first-order chi connectivity index (χ1) is 62.1. The van der Waals surface area contributed by atoms with Crippen LogP contribution in [0.15, 0.2) is 195 Å². The van der Waals surface area contributed by atoms with Crippen LogP contribution >= 0.6 is 0 Å². The molecule has 0 radical (unpaired) electrons. The number of hydrogen-bond donors (Lipinski definition) is 0. The molecule has 4 fully saturated rings. The van der Waals surface area contributed by atoms with E-state index < -0.39 is 75.0 Å². The van der Waals surface area contributed by atoms with Crippen molar-refractivity contribution in [3.8, 4) is 57.9 Å². The Labute approximate surface area is 744 Å². The van der Waals surface area contributed by atoms with Gasteiger partial charge in [0.05, 0.1) is 73.5 Å². The summed E-state index contributed by atoms with van der Waals surface area (Å²) in [7, 11) is 0. The number of nitrogens with zero attached hydrogens (tertiary/aromatic N) is 14. The summed E-state index contributed by atoms with van der Waals surface area (Å²) < 4.78 is 188. The first-order valence-corrected chi connectivity index (χ1v) is 42.5. The van der Waals surface area contributed by atoms with Crippen molar-refractivity contribution in [3.63, 3.8) is 0 Å². The number of carbonyl (C=O) groups excluding carboxylic acids is 4. The molecule has 690 valence electrons. The molecule has 129 heavy (non-hydrogen) atoms. The lowest BCUT2D eigenvalue weighted by Gasteiger charge is -2.38. The van der Waals surface area contributed by atoms with Gasteiger partial charge in [0.25, 0.3) is 42.9 Å². The molecule has 0 unspecified atom stereocenters. The van der Waals surface area contributed by atoms with Crippen LogP contribution in [0.25, 0.3) is 11.4 Å². The van der Waals surface area contributed by atoms with E-state index in [-0.39, 0.29) is 107 Å². The number of benzene rings is 4. The Balaban J connectivity index is 0.000000190. The molecule has 10 aromatic rings. The molecular weight excluding hydrogens is 1740 g/mol. The second-order valence-electron chi connectivity index (χ2n) is 29.7. The molecule has 0 N–H and O–H groups in total. The SMILES string of the molecule is CCc1ccccc1C(=O)N1C[C@H](Oc2cc(OCC(F)F)ccn2)CC[C@H]1C.CCc1ccccc1C(=O)N1C[C@H](Oc2cc(OCC(F)F)ccn2)CC[C@H]1C.C[C@@H]1CC[C@@H](Oc2cc(OCC(F)(F)F)ccn2)CN1C(=O)c1ccccc1-n1nccn1.C[C@@H]1CC[C@@H](Oc2cc(OCC(F)F)ccn2)CN1C(=O)c1ccccc1-n1nccn1.O=S=O.O=S=O. The van der Waals surface area contributed by atoms with Crippen LogP contribution in [0.4, 0.5) is 39.5 Å². The minimum absolute atomic E-state index is 0.00484. The van der Waals surface area contributed by atoms with Gasteiger partial charge in [-0.15, -0.1) is 0 Å². The molecule has 4 amide bonds. The molecule has 0 bridgehead atoms. The fourth-order valence-corrected chi connectivity index (χ4v) is 14.4. The van der Waals surface area contributed by atoms with Crippen molar-refractivity contribution in [2.24, 2.45) is 0 Å². The Morgan fingerprint density at radius 3 is 0.876 bits per heavy atom. The maximum absolute atomic E-state index is 13.4. The zero-order valence-electron chi connectivity index (χ0n) is 71.1. The van der Waals surface area contributed by atoms with Gasteiger partial charge < -0.3 is 57.5 Å². The van der Waals surface area contributed by atoms with E-state index in [4.69, 9.17) is 54.7 Å². The molecule has 10 heterocycles. The van der Waals surface area contributed by atoms with Gasteiger partial charge in [0.15, 0.2) is 6.61 Å². The standard InChI is InChI=1S/C22H22F3N5O3.C22H23F2N5O3.2C22H26F2N2O3.2O2S/c1-15-6-7-17(33-20-12-16(8-9-26-20)32-14-22(23,24)25)13-29(15)21(31)18-4-2-3-5-19(18)30-27-10-11-28-30;1-15-6-7-17(32-21-12-16(8-9-25-21)31-14-20(23)24)13-28(15)22(30)18-4-2-3-5-19(18)29-26-10-11-27-29;2*1-3-16-6-4-5-7-19(16)22(27)26-13-18(9-8-15(26)2)29-21-12-17(10-11-25-21)28-14-20(23)24;2*1-3-2/h2-5,8-12,15,17H,6-7,13-14H2,1H3;2-5,8-12,15,17,20H,6-7,13-14H2,1H3;2*4-7,10-12,15,18,20H,3,8-9,13-14H2,1-2H3;;/t2*15-,17-;2*15-,18-;;/m1111../s1. The highest BCUT2D eigenvalue weighted by atomic mass is 32.1. The van der Waals surface area contributed by atoms with Crippen LogP contribution in [0.2, 0.25) is 0 Å². The maximum atomic E-state index is 13.4. The Bertz CT molecular complexity index is 5120. The largest absolute Gasteiger partial charge is 0.487 e. The van der Waals surface area contributed by atoms with Gasteiger partial charge in [0, 0.05) is 84.3 Å². The second-order valence-corrected chi connectivity index (χ2v) is 29.9. The summed E-state index contributed by atoms with van der Waals surface area (Å²) in [6.45, 7) is 10.2. The van der Waals surface area contributed by atoms with Crippen molar-refractivity contribution < 1.29 is 113 Å². The highest BCUT2D eigenvalue weighted by Gasteiger charge is 2.38. The Morgan fingerprint density at radius 2 is 0.612 bits per heavy atom. The number of hydrogen-bond acceptors (Lipinski definition) is 24. The van der Waals surface area contributed by atoms with E-state index in [0.717, 1.165) is 73.6 Å². The molecule has 4 aliphatic rings. The topological polar surface area (TPSA) is 336 Å². The van der Waals surface area contributed by atoms with Gasteiger partial charge in [-0.3, -0.25) is 19.2 Å². The molecule has 0 spiro atoms. The fraction of sp³-hybridized carbons (Fsp3) is 0.409. The van der Waals surface area contributed by atoms with Gasteiger partial charge in [-0.1, -0.05) is 74.5 Å². The van der Waals surface area contributed by atoms with Gasteiger partial charge in [-0.05, 0) is 164 Å². The van der Waals surface area contributed by atoms with E-state index in [2.05, 4.69) is 40.3 Å². The lowest BCUT2D eigenvalue weighted by molar-refractivity contribution is -0.153. The number of piperidine rings is 4. The average molecular weight is 1840 g/mol. The maximum Gasteiger partial charge on any atom is 0.422 e. The molecule has 6 aromatic heterocycles. The van der Waals surface area contributed by atoms with Crippen LogP contribution in [0.5, 0.6) is 46.5 Å². The Kier molecular flexibility index (Phi) is 39.1. The summed E-state index contributed by atoms with van der Waals surface area (Å²) in [6, 6.07) is 41.4. The van der Waals surface area contributed by atoms with Crippen molar-refractivity contribution in [3.05, 3.63) is 229 Å². The lowest BCUT2D eigenvalue weighted by atomic mass is 9.98. The summed E-state index contributed by atoms with van der Waals surface area (Å²) in [5.41, 5.74) is 5.63. The monoisotopic (exact) mass is 1840 g/mol. The van der Waals surface area contributed by atoms with E-state index in [9.17, 15) is 58.7 Å². The number of alkyl halides is 9. The Hall–Kier alpha value is -13.0. The fourth-order valence-electron chi connectivity index (χ4n) is 14.4. The van der Waals surface area contributed by atoms with Gasteiger partial charge >= 0.3 is 29.3 Å². The van der Waals surface area contributed by atoms with Crippen molar-refractivity contribution >= 4 is 46.8 Å². The van der Waals surface area contributed by atoms with Crippen LogP contribution < -0.4 is 37.9 Å². The number of aryl methyl sites for hydroxylation is 2. The van der Waals surface area contributed by atoms with Gasteiger partial charge in [0.2, 0.25) is 23.5 Å². The third-order valence-electron chi connectivity index (χ3n) is 20.7. The predicted molar refractivity (Wildman–Crippen MR) is 452 cm³/mol. The molecule has 4 saturated heterocycles. The van der Waals surface area contributed by atoms with Crippen molar-refractivity contribution in [1.29, 1.82) is 0 Å². The molecule has 0 aliphatic carbocycles. The first kappa shape index (κ1) is 99.8. The quantitative estimate of drug-likeness (QED) is 0.0432. The van der Waals surface area contributed by atoms with Crippen LogP contribution in [0.3, 0.4) is 0 Å². The summed E-state index contributed by atoms with van der Waals surface area (Å²) in [5, 5.41) is 16.5. The predicted octanol–water partition coefficient (Wildman–Crippen LogP) is 14.4.